The van der Waals surface area contributed by atoms with Crippen LogP contribution in [0.25, 0.3) is 0 Å². The molecule has 0 aromatic carbocycles. The number of esters is 1. The first-order valence-electron chi connectivity index (χ1n) is 23.4. The molecule has 13 heteroatoms. The van der Waals surface area contributed by atoms with Crippen LogP contribution in [-0.2, 0) is 38.3 Å². The second-order valence-electron chi connectivity index (χ2n) is 16.4. The molecule has 0 aromatic heterocycles. The van der Waals surface area contributed by atoms with Crippen LogP contribution in [0.1, 0.15) is 206 Å². The van der Waals surface area contributed by atoms with Gasteiger partial charge in [-0.2, -0.15) is 8.42 Å². The van der Waals surface area contributed by atoms with Gasteiger partial charge >= 0.3 is 16.4 Å². The number of allylic oxidation sites excluding steroid dienone is 2. The molecule has 0 spiro atoms. The fraction of sp³-hybridized carbons (Fsp3) is 0.933. The van der Waals surface area contributed by atoms with Crippen molar-refractivity contribution in [1.29, 1.82) is 0 Å². The van der Waals surface area contributed by atoms with Crippen LogP contribution < -0.4 is 0 Å². The van der Waals surface area contributed by atoms with Crippen LogP contribution in [0.3, 0.4) is 0 Å². The Hall–Kier alpha value is -1.16. The minimum atomic E-state index is -5.06. The Morgan fingerprint density at radius 3 is 1.60 bits per heavy atom. The molecule has 0 bridgehead atoms. The Labute approximate surface area is 353 Å². The van der Waals surface area contributed by atoms with E-state index in [9.17, 15) is 28.5 Å². The average molecular weight is 851 g/mol. The van der Waals surface area contributed by atoms with Gasteiger partial charge in [0, 0.05) is 13.0 Å². The largest absolute Gasteiger partial charge is 0.457 e. The molecule has 1 saturated heterocycles. The summed E-state index contributed by atoms with van der Waals surface area (Å²) in [7, 11) is -5.06. The lowest BCUT2D eigenvalue weighted by atomic mass is 9.99. The molecule has 58 heavy (non-hydrogen) atoms. The molecule has 0 aromatic rings. The summed E-state index contributed by atoms with van der Waals surface area (Å²) < 4.78 is 59.0. The van der Waals surface area contributed by atoms with Crippen LogP contribution in [0, 0.1) is 0 Å². The first-order chi connectivity index (χ1) is 28.1. The zero-order valence-electron chi connectivity index (χ0n) is 36.6. The molecular weight excluding hydrogens is 765 g/mol. The number of aliphatic hydroxyl groups is 3. The summed E-state index contributed by atoms with van der Waals surface area (Å²) in [5, 5.41) is 30.6. The molecule has 1 heterocycles. The highest BCUT2D eigenvalue weighted by Crippen LogP contribution is 2.26. The first kappa shape index (κ1) is 54.9. The molecule has 1 aliphatic rings. The van der Waals surface area contributed by atoms with Crippen molar-refractivity contribution >= 4 is 16.4 Å². The minimum absolute atomic E-state index is 0.0382. The lowest BCUT2D eigenvalue weighted by Gasteiger charge is -2.41. The van der Waals surface area contributed by atoms with Gasteiger partial charge in [-0.25, -0.2) is 4.18 Å². The molecule has 0 amide bonds. The van der Waals surface area contributed by atoms with E-state index < -0.39 is 59.8 Å². The monoisotopic (exact) mass is 851 g/mol. The minimum Gasteiger partial charge on any atom is -0.457 e. The summed E-state index contributed by atoms with van der Waals surface area (Å²) >= 11 is 0. The van der Waals surface area contributed by atoms with Crippen LogP contribution in [0.15, 0.2) is 12.2 Å². The molecule has 344 valence electrons. The van der Waals surface area contributed by atoms with Crippen LogP contribution in [-0.4, -0.2) is 97.5 Å². The van der Waals surface area contributed by atoms with E-state index in [1.54, 1.807) is 0 Å². The normalized spacial score (nSPS) is 20.6. The van der Waals surface area contributed by atoms with Gasteiger partial charge in [0.05, 0.1) is 19.8 Å². The van der Waals surface area contributed by atoms with E-state index in [-0.39, 0.29) is 19.6 Å². The van der Waals surface area contributed by atoms with Gasteiger partial charge in [0.2, 0.25) is 0 Å². The summed E-state index contributed by atoms with van der Waals surface area (Å²) in [4.78, 5) is 12.8. The van der Waals surface area contributed by atoms with Gasteiger partial charge in [-0.3, -0.25) is 9.35 Å². The molecule has 6 unspecified atom stereocenters. The highest BCUT2D eigenvalue weighted by Gasteiger charge is 2.48. The van der Waals surface area contributed by atoms with E-state index in [1.807, 2.05) is 0 Å². The van der Waals surface area contributed by atoms with Crippen molar-refractivity contribution in [3.05, 3.63) is 12.2 Å². The van der Waals surface area contributed by atoms with Crippen molar-refractivity contribution in [2.24, 2.45) is 0 Å². The van der Waals surface area contributed by atoms with Crippen molar-refractivity contribution in [3.8, 4) is 0 Å². The van der Waals surface area contributed by atoms with Crippen molar-refractivity contribution in [1.82, 2.24) is 0 Å². The Kier molecular flexibility index (Phi) is 35.6. The number of ether oxygens (including phenoxy) is 4. The van der Waals surface area contributed by atoms with E-state index in [4.69, 9.17) is 23.5 Å². The maximum absolute atomic E-state index is 12.8. The van der Waals surface area contributed by atoms with E-state index in [0.717, 1.165) is 57.8 Å². The number of carbonyl (C=O) groups is 1. The van der Waals surface area contributed by atoms with Crippen molar-refractivity contribution in [3.63, 3.8) is 0 Å². The third-order valence-electron chi connectivity index (χ3n) is 10.9. The number of hydrogen-bond donors (Lipinski definition) is 4. The summed E-state index contributed by atoms with van der Waals surface area (Å²) in [5.74, 6) is -0.406. The molecule has 6 atom stereocenters. The standard InChI is InChI=1S/C45H86O12S/c1-3-5-7-9-11-13-15-16-17-18-19-20-21-22-23-25-27-29-31-33-35-53-37-39(55-41(47)34-32-30-28-26-24-14-12-10-8-6-4-2)38-54-45-43(49)44(57-58(50,51)52)42(48)40(36-46)56-45/h10,12,39-40,42-46,48-49H,3-9,11,13-38H2,1-2H3,(H,50,51,52)/b12-10-. The van der Waals surface area contributed by atoms with Gasteiger partial charge in [0.25, 0.3) is 0 Å². The zero-order valence-corrected chi connectivity index (χ0v) is 37.4. The second-order valence-corrected chi connectivity index (χ2v) is 17.4. The lowest BCUT2D eigenvalue weighted by Crippen LogP contribution is -2.60. The van der Waals surface area contributed by atoms with Crippen molar-refractivity contribution in [2.75, 3.05) is 26.4 Å². The van der Waals surface area contributed by atoms with E-state index >= 15 is 0 Å². The van der Waals surface area contributed by atoms with Crippen LogP contribution >= 0.6 is 0 Å². The smallest absolute Gasteiger partial charge is 0.397 e. The van der Waals surface area contributed by atoms with Crippen LogP contribution in [0.4, 0.5) is 0 Å². The van der Waals surface area contributed by atoms with Gasteiger partial charge in [-0.1, -0.05) is 180 Å². The molecule has 12 nitrogen and oxygen atoms in total. The molecule has 0 radical (unpaired) electrons. The van der Waals surface area contributed by atoms with E-state index in [2.05, 4.69) is 30.2 Å². The maximum atomic E-state index is 12.8. The van der Waals surface area contributed by atoms with Gasteiger partial charge in [0.1, 0.15) is 30.5 Å². The Morgan fingerprint density at radius 2 is 1.10 bits per heavy atom. The lowest BCUT2D eigenvalue weighted by molar-refractivity contribution is -0.301. The molecule has 1 fully saturated rings. The topological polar surface area (TPSA) is 178 Å². The molecule has 0 aliphatic carbocycles. The Balaban J connectivity index is 2.35. The van der Waals surface area contributed by atoms with Crippen molar-refractivity contribution < 1.29 is 56.2 Å². The third kappa shape index (κ3) is 30.8. The SMILES string of the molecule is CCCC/C=C\CCCCCCCC(=O)OC(COCCCCCCCCCCCCCCCCCCCCCC)COC1OC(CO)C(O)C(OS(=O)(=O)O)C1O. The fourth-order valence-corrected chi connectivity index (χ4v) is 7.81. The predicted molar refractivity (Wildman–Crippen MR) is 230 cm³/mol. The number of aliphatic hydroxyl groups excluding tert-OH is 3. The van der Waals surface area contributed by atoms with E-state index in [1.165, 1.54) is 122 Å². The highest BCUT2D eigenvalue weighted by atomic mass is 32.3. The average Bonchev–Trinajstić information content (AvgIpc) is 3.19. The van der Waals surface area contributed by atoms with Gasteiger partial charge in [0.15, 0.2) is 6.29 Å². The predicted octanol–water partition coefficient (Wildman–Crippen LogP) is 9.86. The summed E-state index contributed by atoms with van der Waals surface area (Å²) in [5.41, 5.74) is 0. The zero-order chi connectivity index (χ0) is 42.5. The first-order valence-corrected chi connectivity index (χ1v) is 24.8. The second kappa shape index (κ2) is 37.6. The third-order valence-corrected chi connectivity index (χ3v) is 11.4. The Bertz CT molecular complexity index is 1070. The summed E-state index contributed by atoms with van der Waals surface area (Å²) in [6.07, 6.45) is 31.1. The maximum Gasteiger partial charge on any atom is 0.397 e. The van der Waals surface area contributed by atoms with Crippen molar-refractivity contribution in [2.45, 2.75) is 243 Å². The molecule has 1 rings (SSSR count). The summed E-state index contributed by atoms with van der Waals surface area (Å²) in [6, 6.07) is 0. The quantitative estimate of drug-likeness (QED) is 0.0198. The number of hydrogen-bond acceptors (Lipinski definition) is 11. The fourth-order valence-electron chi connectivity index (χ4n) is 7.30. The van der Waals surface area contributed by atoms with Gasteiger partial charge in [-0.05, 0) is 32.1 Å². The number of carbonyl (C=O) groups excluding carboxylic acids is 1. The molecule has 4 N–H and O–H groups in total. The number of rotatable bonds is 41. The van der Waals surface area contributed by atoms with Crippen LogP contribution in [0.5, 0.6) is 0 Å². The Morgan fingerprint density at radius 1 is 0.638 bits per heavy atom. The highest BCUT2D eigenvalue weighted by molar-refractivity contribution is 7.80. The van der Waals surface area contributed by atoms with E-state index in [0.29, 0.717) is 13.0 Å². The van der Waals surface area contributed by atoms with Gasteiger partial charge in [-0.15, -0.1) is 0 Å². The number of unbranched alkanes of at least 4 members (excludes halogenated alkanes) is 26. The van der Waals surface area contributed by atoms with Crippen LogP contribution in [0.2, 0.25) is 0 Å². The summed E-state index contributed by atoms with van der Waals surface area (Å²) in [6.45, 7) is 3.97. The molecular formula is C45H86O12S. The molecule has 0 saturated carbocycles. The van der Waals surface area contributed by atoms with Gasteiger partial charge < -0.3 is 34.3 Å². The molecule has 1 aliphatic heterocycles.